The summed E-state index contributed by atoms with van der Waals surface area (Å²) in [5.41, 5.74) is 0.584. The first kappa shape index (κ1) is 22.6. The molecule has 1 saturated heterocycles. The summed E-state index contributed by atoms with van der Waals surface area (Å²) in [6.45, 7) is 1.84. The highest BCUT2D eigenvalue weighted by molar-refractivity contribution is 6.02. The van der Waals surface area contributed by atoms with Crippen LogP contribution in [0.15, 0.2) is 91.0 Å². The van der Waals surface area contributed by atoms with Gasteiger partial charge < -0.3 is 9.47 Å². The number of hydroxylamine groups is 1. The maximum Gasteiger partial charge on any atom is 0.326 e. The Hall–Kier alpha value is -3.64. The van der Waals surface area contributed by atoms with Crippen molar-refractivity contribution in [3.8, 4) is 0 Å². The fourth-order valence-corrected chi connectivity index (χ4v) is 4.77. The number of nitrogens with zero attached hydrogens (tertiary/aromatic N) is 1. The van der Waals surface area contributed by atoms with Crippen LogP contribution >= 0.6 is 0 Å². The molecule has 3 aromatic rings. The van der Waals surface area contributed by atoms with E-state index in [0.29, 0.717) is 5.69 Å². The lowest BCUT2D eigenvalue weighted by Crippen LogP contribution is -2.61. The average Bonchev–Trinajstić information content (AvgIpc) is 2.89. The first-order valence-electron chi connectivity index (χ1n) is 10.8. The molecular formula is C27H27NO5. The van der Waals surface area contributed by atoms with E-state index in [1.165, 1.54) is 14.2 Å². The van der Waals surface area contributed by atoms with Crippen LogP contribution in [0.4, 0.5) is 5.69 Å². The standard InChI is InChI=1S/C27H27NO5/c1-19-23(20-13-7-4-8-14-20)33-28(22-17-11-6-12-18-22)24(21-15-9-5-10-16-21)27(19,25(29)31-2)26(30)32-3/h4-19,23-24H,1-3H3/t19-,23-,24+/m1/s1. The van der Waals surface area contributed by atoms with Gasteiger partial charge in [0.05, 0.1) is 19.9 Å². The van der Waals surface area contributed by atoms with Crippen LogP contribution in [-0.2, 0) is 23.9 Å². The van der Waals surface area contributed by atoms with E-state index in [2.05, 4.69) is 0 Å². The Labute approximate surface area is 193 Å². The number of methoxy groups -OCH3 is 2. The van der Waals surface area contributed by atoms with Gasteiger partial charge >= 0.3 is 11.9 Å². The van der Waals surface area contributed by atoms with Crippen LogP contribution < -0.4 is 5.06 Å². The lowest BCUT2D eigenvalue weighted by atomic mass is 9.64. The molecule has 1 aliphatic heterocycles. The fourth-order valence-electron chi connectivity index (χ4n) is 4.77. The number of benzene rings is 3. The maximum atomic E-state index is 13.6. The van der Waals surface area contributed by atoms with Gasteiger partial charge in [0.15, 0.2) is 5.41 Å². The van der Waals surface area contributed by atoms with Crippen molar-refractivity contribution < 1.29 is 23.9 Å². The first-order valence-corrected chi connectivity index (χ1v) is 10.8. The third-order valence-electron chi connectivity index (χ3n) is 6.37. The van der Waals surface area contributed by atoms with E-state index in [0.717, 1.165) is 11.1 Å². The van der Waals surface area contributed by atoms with Crippen molar-refractivity contribution in [2.75, 3.05) is 19.3 Å². The van der Waals surface area contributed by atoms with Gasteiger partial charge in [-0.2, -0.15) is 0 Å². The molecule has 170 valence electrons. The van der Waals surface area contributed by atoms with Gasteiger partial charge in [-0.1, -0.05) is 85.8 Å². The molecule has 0 unspecified atom stereocenters. The number of esters is 2. The molecule has 33 heavy (non-hydrogen) atoms. The van der Waals surface area contributed by atoms with E-state index in [-0.39, 0.29) is 0 Å². The molecule has 3 aromatic carbocycles. The highest BCUT2D eigenvalue weighted by atomic mass is 16.7. The molecule has 4 rings (SSSR count). The number of para-hydroxylation sites is 1. The zero-order valence-electron chi connectivity index (χ0n) is 18.9. The van der Waals surface area contributed by atoms with Gasteiger partial charge in [-0.15, -0.1) is 0 Å². The SMILES string of the molecule is COC(=O)C1(C(=O)OC)[C@H](C)[C@H](c2ccccc2)ON(c2ccccc2)[C@H]1c1ccccc1. The summed E-state index contributed by atoms with van der Waals surface area (Å²) < 4.78 is 10.6. The van der Waals surface area contributed by atoms with Crippen LogP contribution in [-0.4, -0.2) is 26.2 Å². The lowest BCUT2D eigenvalue weighted by Gasteiger charge is -2.52. The number of hydrogen-bond donors (Lipinski definition) is 0. The molecule has 0 saturated carbocycles. The zero-order valence-corrected chi connectivity index (χ0v) is 18.9. The third-order valence-corrected chi connectivity index (χ3v) is 6.37. The summed E-state index contributed by atoms with van der Waals surface area (Å²) in [6.07, 6.45) is -0.607. The van der Waals surface area contributed by atoms with Gasteiger partial charge in [0.25, 0.3) is 0 Å². The van der Waals surface area contributed by atoms with Gasteiger partial charge in [-0.3, -0.25) is 14.4 Å². The summed E-state index contributed by atoms with van der Waals surface area (Å²) in [7, 11) is 2.59. The number of carbonyl (C=O) groups excluding carboxylic acids is 2. The van der Waals surface area contributed by atoms with Crippen LogP contribution in [0.25, 0.3) is 0 Å². The van der Waals surface area contributed by atoms with Crippen molar-refractivity contribution in [3.05, 3.63) is 102 Å². The van der Waals surface area contributed by atoms with Crippen molar-refractivity contribution in [3.63, 3.8) is 0 Å². The van der Waals surface area contributed by atoms with Crippen molar-refractivity contribution in [2.24, 2.45) is 11.3 Å². The molecule has 1 heterocycles. The van der Waals surface area contributed by atoms with Crippen LogP contribution in [0, 0.1) is 11.3 Å². The van der Waals surface area contributed by atoms with E-state index in [4.69, 9.17) is 14.3 Å². The van der Waals surface area contributed by atoms with Crippen LogP contribution in [0.5, 0.6) is 0 Å². The van der Waals surface area contributed by atoms with Crippen molar-refractivity contribution in [1.82, 2.24) is 0 Å². The van der Waals surface area contributed by atoms with E-state index in [1.54, 1.807) is 5.06 Å². The predicted molar refractivity (Wildman–Crippen MR) is 124 cm³/mol. The normalized spacial score (nSPS) is 21.8. The summed E-state index contributed by atoms with van der Waals surface area (Å²) in [6, 6.07) is 27.5. The molecule has 3 atom stereocenters. The van der Waals surface area contributed by atoms with E-state index < -0.39 is 35.4 Å². The minimum atomic E-state index is -1.69. The Bertz CT molecular complexity index is 1070. The second-order valence-electron chi connectivity index (χ2n) is 8.05. The molecule has 6 nitrogen and oxygen atoms in total. The number of anilines is 1. The zero-order chi connectivity index (χ0) is 23.4. The van der Waals surface area contributed by atoms with Gasteiger partial charge in [0, 0.05) is 5.92 Å². The van der Waals surface area contributed by atoms with Crippen LogP contribution in [0.1, 0.15) is 30.2 Å². The molecule has 0 bridgehead atoms. The van der Waals surface area contributed by atoms with Gasteiger partial charge in [-0.25, -0.2) is 5.06 Å². The molecule has 0 N–H and O–H groups in total. The Morgan fingerprint density at radius 2 is 1.21 bits per heavy atom. The largest absolute Gasteiger partial charge is 0.468 e. The molecule has 1 fully saturated rings. The molecule has 0 aliphatic carbocycles. The number of ether oxygens (including phenoxy) is 2. The molecule has 1 aliphatic rings. The van der Waals surface area contributed by atoms with Crippen molar-refractivity contribution >= 4 is 17.6 Å². The first-order chi connectivity index (χ1) is 16.1. The topological polar surface area (TPSA) is 65.1 Å². The highest BCUT2D eigenvalue weighted by Crippen LogP contribution is 2.56. The monoisotopic (exact) mass is 445 g/mol. The van der Waals surface area contributed by atoms with Gasteiger partial charge in [0.2, 0.25) is 0 Å². The average molecular weight is 446 g/mol. The Kier molecular flexibility index (Phi) is 6.47. The number of hydrogen-bond acceptors (Lipinski definition) is 6. The molecular weight excluding hydrogens is 418 g/mol. The predicted octanol–water partition coefficient (Wildman–Crippen LogP) is 4.89. The van der Waals surface area contributed by atoms with Crippen LogP contribution in [0.2, 0.25) is 0 Å². The van der Waals surface area contributed by atoms with Crippen LogP contribution in [0.3, 0.4) is 0 Å². The second-order valence-corrected chi connectivity index (χ2v) is 8.05. The smallest absolute Gasteiger partial charge is 0.326 e. The Balaban J connectivity index is 2.02. The maximum absolute atomic E-state index is 13.6. The number of rotatable bonds is 5. The third kappa shape index (κ3) is 3.76. The van der Waals surface area contributed by atoms with Gasteiger partial charge in [-0.05, 0) is 23.3 Å². The van der Waals surface area contributed by atoms with E-state index in [9.17, 15) is 9.59 Å². The lowest BCUT2D eigenvalue weighted by molar-refractivity contribution is -0.198. The molecule has 0 aromatic heterocycles. The molecule has 0 amide bonds. The Morgan fingerprint density at radius 3 is 1.70 bits per heavy atom. The molecule has 0 spiro atoms. The van der Waals surface area contributed by atoms with Crippen molar-refractivity contribution in [1.29, 1.82) is 0 Å². The summed E-state index contributed by atoms with van der Waals surface area (Å²) in [4.78, 5) is 33.9. The molecule has 0 radical (unpaired) electrons. The second kappa shape index (κ2) is 9.46. The van der Waals surface area contributed by atoms with E-state index >= 15 is 0 Å². The minimum absolute atomic E-state index is 0.607. The highest BCUT2D eigenvalue weighted by Gasteiger charge is 2.66. The summed E-state index contributed by atoms with van der Waals surface area (Å²) in [5, 5.41) is 1.65. The van der Waals surface area contributed by atoms with E-state index in [1.807, 2.05) is 97.9 Å². The molecule has 6 heteroatoms. The summed E-state index contributed by atoms with van der Waals surface area (Å²) in [5.74, 6) is -1.94. The quantitative estimate of drug-likeness (QED) is 0.412. The summed E-state index contributed by atoms with van der Waals surface area (Å²) >= 11 is 0. The number of carbonyl (C=O) groups is 2. The van der Waals surface area contributed by atoms with Crippen molar-refractivity contribution in [2.45, 2.75) is 19.1 Å². The fraction of sp³-hybridized carbons (Fsp3) is 0.259. The van der Waals surface area contributed by atoms with Gasteiger partial charge in [0.1, 0.15) is 12.1 Å². The Morgan fingerprint density at radius 1 is 0.758 bits per heavy atom. The minimum Gasteiger partial charge on any atom is -0.468 e.